The molecule has 4 heterocycles. The van der Waals surface area contributed by atoms with E-state index in [0.717, 1.165) is 24.2 Å². The van der Waals surface area contributed by atoms with Crippen LogP contribution >= 0.6 is 24.0 Å². The number of aromatic nitrogens is 5. The Bertz CT molecular complexity index is 1250. The number of rotatable bonds is 5. The molecule has 0 atom stereocenters. The molecule has 0 saturated carbocycles. The average Bonchev–Trinajstić information content (AvgIpc) is 3.48. The second-order valence-corrected chi connectivity index (χ2v) is 7.91. The number of ether oxygens (including phenoxy) is 1. The van der Waals surface area contributed by atoms with E-state index in [1.165, 1.54) is 0 Å². The van der Waals surface area contributed by atoms with Crippen LogP contribution in [-0.4, -0.2) is 68.8 Å². The van der Waals surface area contributed by atoms with Crippen molar-refractivity contribution in [2.45, 2.75) is 6.54 Å². The molecule has 1 amide bonds. The fraction of sp³-hybridized carbons (Fsp3) is 0.273. The fourth-order valence-electron chi connectivity index (χ4n) is 3.98. The molecule has 33 heavy (non-hydrogen) atoms. The molecule has 1 aromatic carbocycles. The van der Waals surface area contributed by atoms with E-state index >= 15 is 0 Å². The Balaban J connectivity index is 0.00000259. The predicted molar refractivity (Wildman–Crippen MR) is 129 cm³/mol. The number of piperazine rings is 1. The lowest BCUT2D eigenvalue weighted by Gasteiger charge is -2.36. The number of pyridine rings is 1. The molecule has 1 saturated heterocycles. The maximum absolute atomic E-state index is 13.1. The van der Waals surface area contributed by atoms with Crippen molar-refractivity contribution >= 4 is 46.6 Å². The van der Waals surface area contributed by atoms with E-state index in [9.17, 15) is 4.79 Å². The Morgan fingerprint density at radius 2 is 1.97 bits per heavy atom. The lowest BCUT2D eigenvalue weighted by Crippen LogP contribution is -2.49. The molecule has 9 nitrogen and oxygen atoms in total. The van der Waals surface area contributed by atoms with Gasteiger partial charge in [0.1, 0.15) is 18.0 Å². The number of anilines is 1. The van der Waals surface area contributed by atoms with E-state index in [2.05, 4.69) is 25.0 Å². The highest BCUT2D eigenvalue weighted by Gasteiger charge is 2.24. The second kappa shape index (κ2) is 9.68. The molecule has 1 fully saturated rings. The number of nitrogens with one attached hydrogen (secondary N) is 1. The number of H-pyrrole nitrogens is 1. The van der Waals surface area contributed by atoms with Crippen molar-refractivity contribution in [3.8, 4) is 17.3 Å². The van der Waals surface area contributed by atoms with Gasteiger partial charge < -0.3 is 19.5 Å². The number of benzene rings is 1. The van der Waals surface area contributed by atoms with Gasteiger partial charge in [0.2, 0.25) is 5.91 Å². The SMILES string of the molecule is COc1cc(N2CCN(C(=O)Cn3nc(-c4ncc[nH]4)c4cccnc43)CC2)ccc1Cl.Cl. The van der Waals surface area contributed by atoms with Crippen LogP contribution in [0.2, 0.25) is 5.02 Å². The molecule has 11 heteroatoms. The molecular weight excluding hydrogens is 465 g/mol. The highest BCUT2D eigenvalue weighted by molar-refractivity contribution is 6.32. The van der Waals surface area contributed by atoms with Crippen molar-refractivity contribution in [2.24, 2.45) is 0 Å². The number of hydrogen-bond acceptors (Lipinski definition) is 6. The third kappa shape index (κ3) is 4.46. The number of imidazole rings is 1. The average molecular weight is 488 g/mol. The van der Waals surface area contributed by atoms with Crippen molar-refractivity contribution in [3.63, 3.8) is 0 Å². The molecule has 0 radical (unpaired) electrons. The Morgan fingerprint density at radius 3 is 2.70 bits per heavy atom. The van der Waals surface area contributed by atoms with Gasteiger partial charge in [0.15, 0.2) is 11.5 Å². The van der Waals surface area contributed by atoms with Crippen LogP contribution in [0.3, 0.4) is 0 Å². The van der Waals surface area contributed by atoms with Gasteiger partial charge in [-0.25, -0.2) is 14.6 Å². The number of nitrogens with zero attached hydrogens (tertiary/aromatic N) is 6. The van der Waals surface area contributed by atoms with Crippen molar-refractivity contribution in [1.29, 1.82) is 0 Å². The summed E-state index contributed by atoms with van der Waals surface area (Å²) in [6, 6.07) is 9.53. The summed E-state index contributed by atoms with van der Waals surface area (Å²) in [5.74, 6) is 1.31. The van der Waals surface area contributed by atoms with Crippen LogP contribution < -0.4 is 9.64 Å². The number of carbonyl (C=O) groups is 1. The second-order valence-electron chi connectivity index (χ2n) is 7.51. The molecule has 1 aliphatic heterocycles. The molecule has 1 aliphatic rings. The summed E-state index contributed by atoms with van der Waals surface area (Å²) in [5, 5.41) is 6.07. The van der Waals surface area contributed by atoms with Gasteiger partial charge >= 0.3 is 0 Å². The minimum absolute atomic E-state index is 0. The first-order valence-electron chi connectivity index (χ1n) is 10.3. The fourth-order valence-corrected chi connectivity index (χ4v) is 4.17. The van der Waals surface area contributed by atoms with E-state index in [4.69, 9.17) is 16.3 Å². The lowest BCUT2D eigenvalue weighted by molar-refractivity contribution is -0.132. The molecule has 5 rings (SSSR count). The minimum atomic E-state index is 0. The number of carbonyl (C=O) groups excluding carboxylic acids is 1. The van der Waals surface area contributed by atoms with Crippen molar-refractivity contribution in [2.75, 3.05) is 38.2 Å². The van der Waals surface area contributed by atoms with Gasteiger partial charge in [0, 0.05) is 56.5 Å². The van der Waals surface area contributed by atoms with Crippen LogP contribution in [0.1, 0.15) is 0 Å². The Labute approximate surface area is 201 Å². The van der Waals surface area contributed by atoms with Gasteiger partial charge in [-0.05, 0) is 24.3 Å². The number of methoxy groups -OCH3 is 1. The van der Waals surface area contributed by atoms with Gasteiger partial charge in [-0.2, -0.15) is 5.10 Å². The van der Waals surface area contributed by atoms with Crippen molar-refractivity contribution in [1.82, 2.24) is 29.6 Å². The predicted octanol–water partition coefficient (Wildman–Crippen LogP) is 3.25. The Kier molecular flexibility index (Phi) is 6.71. The van der Waals surface area contributed by atoms with Gasteiger partial charge in [0.05, 0.1) is 17.5 Å². The van der Waals surface area contributed by atoms with E-state index in [1.54, 1.807) is 30.4 Å². The zero-order chi connectivity index (χ0) is 22.1. The molecule has 0 aliphatic carbocycles. The van der Waals surface area contributed by atoms with Gasteiger partial charge in [0.25, 0.3) is 0 Å². The normalized spacial score (nSPS) is 13.8. The van der Waals surface area contributed by atoms with Crippen molar-refractivity contribution in [3.05, 3.63) is 53.9 Å². The quantitative estimate of drug-likeness (QED) is 0.464. The van der Waals surface area contributed by atoms with Crippen LogP contribution in [0.5, 0.6) is 5.75 Å². The summed E-state index contributed by atoms with van der Waals surface area (Å²) in [4.78, 5) is 29.0. The van der Waals surface area contributed by atoms with Crippen LogP contribution in [0.4, 0.5) is 5.69 Å². The first kappa shape index (κ1) is 22.9. The van der Waals surface area contributed by atoms with Crippen LogP contribution in [-0.2, 0) is 11.3 Å². The molecule has 4 aromatic rings. The largest absolute Gasteiger partial charge is 0.495 e. The van der Waals surface area contributed by atoms with Crippen LogP contribution in [0.15, 0.2) is 48.9 Å². The van der Waals surface area contributed by atoms with E-state index in [0.29, 0.717) is 41.0 Å². The van der Waals surface area contributed by atoms with E-state index in [-0.39, 0.29) is 24.9 Å². The lowest BCUT2D eigenvalue weighted by atomic mass is 10.2. The maximum atomic E-state index is 13.1. The molecule has 1 N–H and O–H groups in total. The standard InChI is InChI=1S/C22H22ClN7O2.ClH/c1-32-18-13-15(4-5-17(18)23)28-9-11-29(12-10-28)19(31)14-30-22-16(3-2-6-26-22)20(27-30)21-24-7-8-25-21;/h2-8,13H,9-12,14H2,1H3,(H,24,25);1H. The topological polar surface area (TPSA) is 92.2 Å². The third-order valence-corrected chi connectivity index (χ3v) is 5.96. The van der Waals surface area contributed by atoms with Crippen LogP contribution in [0.25, 0.3) is 22.6 Å². The Hall–Kier alpha value is -3.30. The zero-order valence-corrected chi connectivity index (χ0v) is 19.5. The van der Waals surface area contributed by atoms with E-state index in [1.807, 2.05) is 35.2 Å². The van der Waals surface area contributed by atoms with Gasteiger partial charge in [-0.1, -0.05) is 11.6 Å². The Morgan fingerprint density at radius 1 is 1.15 bits per heavy atom. The smallest absolute Gasteiger partial charge is 0.244 e. The van der Waals surface area contributed by atoms with Crippen LogP contribution in [0, 0.1) is 0 Å². The summed E-state index contributed by atoms with van der Waals surface area (Å²) in [6.45, 7) is 2.84. The zero-order valence-electron chi connectivity index (χ0n) is 17.9. The summed E-state index contributed by atoms with van der Waals surface area (Å²) in [7, 11) is 1.60. The summed E-state index contributed by atoms with van der Waals surface area (Å²) in [6.07, 6.45) is 5.13. The molecule has 3 aromatic heterocycles. The molecule has 0 bridgehead atoms. The monoisotopic (exact) mass is 487 g/mol. The maximum Gasteiger partial charge on any atom is 0.244 e. The summed E-state index contributed by atoms with van der Waals surface area (Å²) < 4.78 is 6.98. The van der Waals surface area contributed by atoms with E-state index < -0.39 is 0 Å². The molecular formula is C22H23Cl2N7O2. The molecule has 0 unspecified atom stereocenters. The van der Waals surface area contributed by atoms with Crippen molar-refractivity contribution < 1.29 is 9.53 Å². The number of amides is 1. The molecule has 172 valence electrons. The van der Waals surface area contributed by atoms with Gasteiger partial charge in [-0.15, -0.1) is 12.4 Å². The first-order chi connectivity index (χ1) is 15.6. The highest BCUT2D eigenvalue weighted by Crippen LogP contribution is 2.30. The minimum Gasteiger partial charge on any atom is -0.495 e. The van der Waals surface area contributed by atoms with Gasteiger partial charge in [-0.3, -0.25) is 4.79 Å². The molecule has 0 spiro atoms. The number of aromatic amines is 1. The third-order valence-electron chi connectivity index (χ3n) is 5.65. The number of halogens is 2. The highest BCUT2D eigenvalue weighted by atomic mass is 35.5. The summed E-state index contributed by atoms with van der Waals surface area (Å²) >= 11 is 6.14. The first-order valence-corrected chi connectivity index (χ1v) is 10.7. The number of hydrogen-bond donors (Lipinski definition) is 1. The summed E-state index contributed by atoms with van der Waals surface area (Å²) in [5.41, 5.74) is 2.38. The number of fused-ring (bicyclic) bond motifs is 1.